The molecule has 0 saturated carbocycles. The van der Waals surface area contributed by atoms with Gasteiger partial charge in [0.15, 0.2) is 0 Å². The zero-order chi connectivity index (χ0) is 10.4. The van der Waals surface area contributed by atoms with Gasteiger partial charge in [-0.05, 0) is 19.8 Å². The predicted molar refractivity (Wildman–Crippen MR) is 55.3 cm³/mol. The van der Waals surface area contributed by atoms with E-state index in [1.165, 1.54) is 0 Å². The maximum absolute atomic E-state index is 9.76. The van der Waals surface area contributed by atoms with Crippen LogP contribution < -0.4 is 0 Å². The molecule has 0 aromatic carbocycles. The molecule has 3 unspecified atom stereocenters. The molecule has 1 rings (SSSR count). The van der Waals surface area contributed by atoms with Gasteiger partial charge >= 0.3 is 0 Å². The van der Waals surface area contributed by atoms with Gasteiger partial charge in [0.25, 0.3) is 0 Å². The zero-order valence-corrected chi connectivity index (χ0v) is 9.24. The third kappa shape index (κ3) is 3.95. The van der Waals surface area contributed by atoms with Crippen molar-refractivity contribution in [3.63, 3.8) is 0 Å². The van der Waals surface area contributed by atoms with Crippen LogP contribution in [-0.4, -0.2) is 37.1 Å². The molecule has 1 fully saturated rings. The molecule has 0 aliphatic carbocycles. The van der Waals surface area contributed by atoms with Crippen LogP contribution >= 0.6 is 0 Å². The molecule has 1 N–H and O–H groups in total. The Labute approximate surface area is 86.4 Å². The molecule has 3 heteroatoms. The summed E-state index contributed by atoms with van der Waals surface area (Å²) >= 11 is 0. The Bertz CT molecular complexity index is 143. The minimum Gasteiger partial charge on any atom is -0.390 e. The zero-order valence-electron chi connectivity index (χ0n) is 9.24. The molecule has 1 aliphatic rings. The van der Waals surface area contributed by atoms with Crippen LogP contribution in [0.25, 0.3) is 0 Å². The number of hydrogen-bond donors (Lipinski definition) is 1. The molecule has 3 nitrogen and oxygen atoms in total. The van der Waals surface area contributed by atoms with Gasteiger partial charge in [-0.3, -0.25) is 0 Å². The van der Waals surface area contributed by atoms with Crippen molar-refractivity contribution < 1.29 is 14.6 Å². The molecule has 0 amide bonds. The van der Waals surface area contributed by atoms with Crippen molar-refractivity contribution >= 4 is 0 Å². The molecule has 1 saturated heterocycles. The maximum atomic E-state index is 9.76. The van der Waals surface area contributed by atoms with Gasteiger partial charge in [0, 0.05) is 12.5 Å². The van der Waals surface area contributed by atoms with Gasteiger partial charge in [0.1, 0.15) is 0 Å². The molecule has 84 valence electrons. The second kappa shape index (κ2) is 6.38. The predicted octanol–water partition coefficient (Wildman–Crippen LogP) is 1.59. The van der Waals surface area contributed by atoms with Crippen LogP contribution in [0.5, 0.6) is 0 Å². The van der Waals surface area contributed by atoms with E-state index in [1.54, 1.807) is 0 Å². The third-order valence-corrected chi connectivity index (χ3v) is 2.76. The van der Waals surface area contributed by atoms with Crippen LogP contribution in [0.4, 0.5) is 0 Å². The first-order chi connectivity index (χ1) is 6.74. The van der Waals surface area contributed by atoms with Gasteiger partial charge in [-0.25, -0.2) is 0 Å². The van der Waals surface area contributed by atoms with Gasteiger partial charge in [-0.1, -0.05) is 13.3 Å². The van der Waals surface area contributed by atoms with E-state index in [0.29, 0.717) is 13.2 Å². The number of ether oxygens (including phenoxy) is 2. The summed E-state index contributed by atoms with van der Waals surface area (Å²) in [6.45, 7) is 6.12. The SMILES string of the molecule is CCCC(C)OCC(O)C1CCOC1. The van der Waals surface area contributed by atoms with Crippen molar-refractivity contribution in [1.29, 1.82) is 0 Å². The van der Waals surface area contributed by atoms with Crippen LogP contribution in [0.1, 0.15) is 33.1 Å². The van der Waals surface area contributed by atoms with E-state index >= 15 is 0 Å². The summed E-state index contributed by atoms with van der Waals surface area (Å²) in [6, 6.07) is 0. The van der Waals surface area contributed by atoms with Crippen LogP contribution in [0.3, 0.4) is 0 Å². The average molecular weight is 202 g/mol. The summed E-state index contributed by atoms with van der Waals surface area (Å²) in [5.41, 5.74) is 0. The fourth-order valence-corrected chi connectivity index (χ4v) is 1.75. The summed E-state index contributed by atoms with van der Waals surface area (Å²) in [4.78, 5) is 0. The van der Waals surface area contributed by atoms with Gasteiger partial charge in [-0.2, -0.15) is 0 Å². The Morgan fingerprint density at radius 1 is 1.57 bits per heavy atom. The molecular formula is C11H22O3. The van der Waals surface area contributed by atoms with Crippen LogP contribution in [0.15, 0.2) is 0 Å². The lowest BCUT2D eigenvalue weighted by Crippen LogP contribution is -2.28. The Balaban J connectivity index is 2.10. The molecule has 14 heavy (non-hydrogen) atoms. The highest BCUT2D eigenvalue weighted by molar-refractivity contribution is 4.72. The van der Waals surface area contributed by atoms with E-state index in [9.17, 15) is 5.11 Å². The molecule has 0 aromatic rings. The number of rotatable bonds is 6. The quantitative estimate of drug-likeness (QED) is 0.711. The second-order valence-electron chi connectivity index (χ2n) is 4.12. The molecule has 1 heterocycles. The number of hydrogen-bond acceptors (Lipinski definition) is 3. The average Bonchev–Trinajstić information content (AvgIpc) is 2.67. The summed E-state index contributed by atoms with van der Waals surface area (Å²) in [5.74, 6) is 0.281. The lowest BCUT2D eigenvalue weighted by atomic mass is 10.0. The first kappa shape index (κ1) is 12.0. The van der Waals surface area contributed by atoms with Crippen molar-refractivity contribution in [3.05, 3.63) is 0 Å². The van der Waals surface area contributed by atoms with E-state index in [0.717, 1.165) is 25.9 Å². The smallest absolute Gasteiger partial charge is 0.0824 e. The van der Waals surface area contributed by atoms with E-state index in [4.69, 9.17) is 9.47 Å². The standard InChI is InChI=1S/C11H22O3/c1-3-4-9(2)14-8-11(12)10-5-6-13-7-10/h9-12H,3-8H2,1-2H3. The first-order valence-electron chi connectivity index (χ1n) is 5.61. The van der Waals surface area contributed by atoms with Crippen LogP contribution in [0, 0.1) is 5.92 Å². The van der Waals surface area contributed by atoms with Crippen LogP contribution in [0.2, 0.25) is 0 Å². The minimum atomic E-state index is -0.350. The van der Waals surface area contributed by atoms with Crippen molar-refractivity contribution in [2.45, 2.75) is 45.3 Å². The normalized spacial score (nSPS) is 26.4. The largest absolute Gasteiger partial charge is 0.390 e. The lowest BCUT2D eigenvalue weighted by molar-refractivity contribution is -0.0289. The monoisotopic (exact) mass is 202 g/mol. The fourth-order valence-electron chi connectivity index (χ4n) is 1.75. The lowest BCUT2D eigenvalue weighted by Gasteiger charge is -2.19. The Morgan fingerprint density at radius 2 is 2.36 bits per heavy atom. The summed E-state index contributed by atoms with van der Waals surface area (Å²) < 4.78 is 10.8. The van der Waals surface area contributed by atoms with Gasteiger partial charge in [0.2, 0.25) is 0 Å². The highest BCUT2D eigenvalue weighted by Crippen LogP contribution is 2.17. The molecule has 0 radical (unpaired) electrons. The second-order valence-corrected chi connectivity index (χ2v) is 4.12. The molecular weight excluding hydrogens is 180 g/mol. The molecule has 0 bridgehead atoms. The van der Waals surface area contributed by atoms with E-state index in [-0.39, 0.29) is 18.1 Å². The molecule has 0 aromatic heterocycles. The number of aliphatic hydroxyl groups excluding tert-OH is 1. The summed E-state index contributed by atoms with van der Waals surface area (Å²) in [5, 5.41) is 9.76. The Hall–Kier alpha value is -0.120. The highest BCUT2D eigenvalue weighted by atomic mass is 16.5. The van der Waals surface area contributed by atoms with Crippen molar-refractivity contribution in [2.75, 3.05) is 19.8 Å². The van der Waals surface area contributed by atoms with E-state index < -0.39 is 0 Å². The van der Waals surface area contributed by atoms with Crippen molar-refractivity contribution in [2.24, 2.45) is 5.92 Å². The number of aliphatic hydroxyl groups is 1. The molecule has 1 aliphatic heterocycles. The third-order valence-electron chi connectivity index (χ3n) is 2.76. The first-order valence-corrected chi connectivity index (χ1v) is 5.61. The van der Waals surface area contributed by atoms with Gasteiger partial charge in [-0.15, -0.1) is 0 Å². The minimum absolute atomic E-state index is 0.261. The molecule has 3 atom stereocenters. The summed E-state index contributed by atoms with van der Waals surface area (Å²) in [7, 11) is 0. The topological polar surface area (TPSA) is 38.7 Å². The molecule has 0 spiro atoms. The van der Waals surface area contributed by atoms with E-state index in [2.05, 4.69) is 13.8 Å². The van der Waals surface area contributed by atoms with Gasteiger partial charge in [0.05, 0.1) is 25.4 Å². The van der Waals surface area contributed by atoms with Crippen molar-refractivity contribution in [3.8, 4) is 0 Å². The Kier molecular flexibility index (Phi) is 5.45. The fraction of sp³-hybridized carbons (Fsp3) is 1.00. The maximum Gasteiger partial charge on any atom is 0.0824 e. The summed E-state index contributed by atoms with van der Waals surface area (Å²) in [6.07, 6.45) is 3.07. The van der Waals surface area contributed by atoms with E-state index in [1.807, 2.05) is 0 Å². The Morgan fingerprint density at radius 3 is 2.93 bits per heavy atom. The van der Waals surface area contributed by atoms with Crippen LogP contribution in [-0.2, 0) is 9.47 Å². The highest BCUT2D eigenvalue weighted by Gasteiger charge is 2.24. The van der Waals surface area contributed by atoms with Crippen molar-refractivity contribution in [1.82, 2.24) is 0 Å². The van der Waals surface area contributed by atoms with Gasteiger partial charge < -0.3 is 14.6 Å².